The molecule has 1 aliphatic heterocycles. The zero-order chi connectivity index (χ0) is 13.0. The number of rotatable bonds is 4. The summed E-state index contributed by atoms with van der Waals surface area (Å²) in [5.41, 5.74) is -0.556. The van der Waals surface area contributed by atoms with E-state index in [2.05, 4.69) is 0 Å². The molecule has 6 heteroatoms. The van der Waals surface area contributed by atoms with Crippen LogP contribution in [-0.4, -0.2) is 24.7 Å². The summed E-state index contributed by atoms with van der Waals surface area (Å²) in [4.78, 5) is 9.82. The summed E-state index contributed by atoms with van der Waals surface area (Å²) in [6, 6.07) is 3.58. The lowest BCUT2D eigenvalue weighted by atomic mass is 10.0. The molecule has 1 aliphatic rings. The molecule has 1 saturated heterocycles. The highest BCUT2D eigenvalue weighted by Gasteiger charge is 2.17. The summed E-state index contributed by atoms with van der Waals surface area (Å²) in [5, 5.41) is 10.6. The van der Waals surface area contributed by atoms with Gasteiger partial charge in [0.25, 0.3) is 0 Å². The van der Waals surface area contributed by atoms with Gasteiger partial charge in [-0.15, -0.1) is 0 Å². The molecule has 1 aromatic carbocycles. The molecule has 0 bridgehead atoms. The van der Waals surface area contributed by atoms with E-state index in [1.165, 1.54) is 6.07 Å². The molecule has 0 atom stereocenters. The van der Waals surface area contributed by atoms with Crippen LogP contribution < -0.4 is 4.74 Å². The maximum absolute atomic E-state index is 13.1. The van der Waals surface area contributed by atoms with Crippen molar-refractivity contribution in [3.63, 3.8) is 0 Å². The quantitative estimate of drug-likeness (QED) is 0.612. The van der Waals surface area contributed by atoms with Gasteiger partial charge >= 0.3 is 5.69 Å². The minimum atomic E-state index is -0.849. The van der Waals surface area contributed by atoms with Crippen LogP contribution >= 0.6 is 0 Å². The number of nitro benzene ring substituents is 1. The van der Waals surface area contributed by atoms with Gasteiger partial charge in [-0.2, -0.15) is 4.39 Å². The predicted molar refractivity (Wildman–Crippen MR) is 62.1 cm³/mol. The molecular formula is C12H14FNO4. The molecule has 1 aromatic rings. The van der Waals surface area contributed by atoms with E-state index in [1.54, 1.807) is 0 Å². The monoisotopic (exact) mass is 255 g/mol. The molecule has 0 N–H and O–H groups in total. The van der Waals surface area contributed by atoms with Gasteiger partial charge in [0.05, 0.1) is 17.6 Å². The molecule has 0 aromatic heterocycles. The van der Waals surface area contributed by atoms with Gasteiger partial charge in [0.1, 0.15) is 5.75 Å². The van der Waals surface area contributed by atoms with Gasteiger partial charge in [-0.3, -0.25) is 10.1 Å². The molecule has 1 fully saturated rings. The predicted octanol–water partition coefficient (Wildman–Crippen LogP) is 2.54. The van der Waals surface area contributed by atoms with Gasteiger partial charge in [0, 0.05) is 13.2 Å². The summed E-state index contributed by atoms with van der Waals surface area (Å²) in [5.74, 6) is -0.129. The van der Waals surface area contributed by atoms with E-state index in [9.17, 15) is 14.5 Å². The van der Waals surface area contributed by atoms with Crippen molar-refractivity contribution in [3.8, 4) is 5.75 Å². The van der Waals surface area contributed by atoms with Crippen LogP contribution in [0.5, 0.6) is 5.75 Å². The fraction of sp³-hybridized carbons (Fsp3) is 0.500. The average molecular weight is 255 g/mol. The zero-order valence-corrected chi connectivity index (χ0v) is 9.80. The third-order valence-electron chi connectivity index (χ3n) is 2.94. The van der Waals surface area contributed by atoms with Crippen molar-refractivity contribution in [2.24, 2.45) is 5.92 Å². The van der Waals surface area contributed by atoms with Crippen LogP contribution in [0.2, 0.25) is 0 Å². The van der Waals surface area contributed by atoms with E-state index < -0.39 is 16.4 Å². The normalized spacial score (nSPS) is 16.5. The minimum Gasteiger partial charge on any atom is -0.493 e. The Balaban J connectivity index is 1.96. The molecule has 0 radical (unpaired) electrons. The lowest BCUT2D eigenvalue weighted by Crippen LogP contribution is -2.21. The zero-order valence-electron chi connectivity index (χ0n) is 9.80. The van der Waals surface area contributed by atoms with Gasteiger partial charge in [-0.1, -0.05) is 0 Å². The first-order valence-electron chi connectivity index (χ1n) is 5.81. The first-order valence-corrected chi connectivity index (χ1v) is 5.81. The van der Waals surface area contributed by atoms with Crippen LogP contribution in [0.3, 0.4) is 0 Å². The SMILES string of the molecule is O=[N+]([O-])c1cc(OCC2CCOCC2)ccc1F. The van der Waals surface area contributed by atoms with E-state index in [0.29, 0.717) is 18.3 Å². The first-order chi connectivity index (χ1) is 8.66. The summed E-state index contributed by atoms with van der Waals surface area (Å²) in [6.45, 7) is 1.92. The van der Waals surface area contributed by atoms with Crippen LogP contribution in [0.4, 0.5) is 10.1 Å². The molecule has 18 heavy (non-hydrogen) atoms. The lowest BCUT2D eigenvalue weighted by molar-refractivity contribution is -0.387. The average Bonchev–Trinajstić information content (AvgIpc) is 2.38. The van der Waals surface area contributed by atoms with E-state index in [0.717, 1.165) is 38.2 Å². The summed E-state index contributed by atoms with van der Waals surface area (Å²) < 4.78 is 23.8. The van der Waals surface area contributed by atoms with Crippen molar-refractivity contribution in [3.05, 3.63) is 34.1 Å². The first kappa shape index (κ1) is 12.8. The van der Waals surface area contributed by atoms with Gasteiger partial charge in [-0.05, 0) is 30.9 Å². The smallest absolute Gasteiger partial charge is 0.308 e. The molecule has 0 aliphatic carbocycles. The molecule has 0 unspecified atom stereocenters. The third kappa shape index (κ3) is 3.16. The number of halogens is 1. The minimum absolute atomic E-state index is 0.328. The second kappa shape index (κ2) is 5.77. The van der Waals surface area contributed by atoms with Gasteiger partial charge in [-0.25, -0.2) is 0 Å². The largest absolute Gasteiger partial charge is 0.493 e. The topological polar surface area (TPSA) is 61.6 Å². The number of hydrogen-bond acceptors (Lipinski definition) is 4. The Morgan fingerprint density at radius 1 is 1.44 bits per heavy atom. The van der Waals surface area contributed by atoms with E-state index in [4.69, 9.17) is 9.47 Å². The van der Waals surface area contributed by atoms with Crippen molar-refractivity contribution < 1.29 is 18.8 Å². The van der Waals surface area contributed by atoms with Crippen LogP contribution in [0.25, 0.3) is 0 Å². The number of ether oxygens (including phenoxy) is 2. The van der Waals surface area contributed by atoms with Crippen molar-refractivity contribution in [1.29, 1.82) is 0 Å². The van der Waals surface area contributed by atoms with Crippen molar-refractivity contribution in [2.45, 2.75) is 12.8 Å². The van der Waals surface area contributed by atoms with Crippen molar-refractivity contribution >= 4 is 5.69 Å². The maximum atomic E-state index is 13.1. The van der Waals surface area contributed by atoms with Crippen LogP contribution in [-0.2, 0) is 4.74 Å². The summed E-state index contributed by atoms with van der Waals surface area (Å²) >= 11 is 0. The maximum Gasteiger partial charge on any atom is 0.308 e. The molecule has 1 heterocycles. The number of benzene rings is 1. The van der Waals surface area contributed by atoms with Gasteiger partial charge in [0.15, 0.2) is 0 Å². The molecule has 2 rings (SSSR count). The lowest BCUT2D eigenvalue weighted by Gasteiger charge is -2.21. The fourth-order valence-electron chi connectivity index (χ4n) is 1.85. The van der Waals surface area contributed by atoms with E-state index >= 15 is 0 Å². The Labute approximate surface area is 104 Å². The number of hydrogen-bond donors (Lipinski definition) is 0. The van der Waals surface area contributed by atoms with Gasteiger partial charge < -0.3 is 9.47 Å². The second-order valence-corrected chi connectivity index (χ2v) is 4.24. The Hall–Kier alpha value is -1.69. The fourth-order valence-corrected chi connectivity index (χ4v) is 1.85. The standard InChI is InChI=1S/C12H14FNO4/c13-11-2-1-10(7-12(11)14(15)16)18-8-9-3-5-17-6-4-9/h1-2,7,9H,3-6,8H2. The van der Waals surface area contributed by atoms with Crippen LogP contribution in [0.15, 0.2) is 18.2 Å². The highest BCUT2D eigenvalue weighted by Crippen LogP contribution is 2.24. The van der Waals surface area contributed by atoms with Gasteiger partial charge in [0.2, 0.25) is 5.82 Å². The highest BCUT2D eigenvalue weighted by atomic mass is 19.1. The van der Waals surface area contributed by atoms with E-state index in [-0.39, 0.29) is 0 Å². The molecular weight excluding hydrogens is 241 g/mol. The Bertz CT molecular complexity index is 432. The van der Waals surface area contributed by atoms with Crippen LogP contribution in [0, 0.1) is 21.8 Å². The van der Waals surface area contributed by atoms with Crippen molar-refractivity contribution in [1.82, 2.24) is 0 Å². The Kier molecular flexibility index (Phi) is 4.09. The number of nitrogens with zero attached hydrogens (tertiary/aromatic N) is 1. The molecule has 0 spiro atoms. The second-order valence-electron chi connectivity index (χ2n) is 4.24. The van der Waals surface area contributed by atoms with Crippen LogP contribution in [0.1, 0.15) is 12.8 Å². The summed E-state index contributed by atoms with van der Waals surface area (Å²) in [7, 11) is 0. The molecule has 5 nitrogen and oxygen atoms in total. The highest BCUT2D eigenvalue weighted by molar-refractivity contribution is 5.39. The Morgan fingerprint density at radius 2 is 2.17 bits per heavy atom. The molecule has 0 saturated carbocycles. The summed E-state index contributed by atoms with van der Waals surface area (Å²) in [6.07, 6.45) is 1.84. The molecule has 0 amide bonds. The molecule has 98 valence electrons. The van der Waals surface area contributed by atoms with E-state index in [1.807, 2.05) is 0 Å². The third-order valence-corrected chi connectivity index (χ3v) is 2.94. The number of nitro groups is 1. The van der Waals surface area contributed by atoms with Crippen molar-refractivity contribution in [2.75, 3.05) is 19.8 Å². The Morgan fingerprint density at radius 3 is 2.83 bits per heavy atom.